The molecule has 106 valence electrons. The van der Waals surface area contributed by atoms with Crippen LogP contribution in [0.2, 0.25) is 0 Å². The van der Waals surface area contributed by atoms with Crippen LogP contribution in [-0.2, 0) is 20.8 Å². The lowest BCUT2D eigenvalue weighted by Crippen LogP contribution is -2.27. The molecule has 3 atom stereocenters. The van der Waals surface area contributed by atoms with E-state index < -0.39 is 12.4 Å². The predicted octanol–water partition coefficient (Wildman–Crippen LogP) is 2.10. The SMILES string of the molecule is CC(C)O[C@H]1O[C@H](COCc2ccccc2)C[C@@H]1O. The molecule has 1 fully saturated rings. The van der Waals surface area contributed by atoms with E-state index in [0.29, 0.717) is 19.6 Å². The molecule has 0 aromatic heterocycles. The zero-order valence-corrected chi connectivity index (χ0v) is 11.5. The largest absolute Gasteiger partial charge is 0.388 e. The van der Waals surface area contributed by atoms with E-state index in [1.165, 1.54) is 0 Å². The van der Waals surface area contributed by atoms with Crippen LogP contribution in [0.3, 0.4) is 0 Å². The highest BCUT2D eigenvalue weighted by atomic mass is 16.7. The highest BCUT2D eigenvalue weighted by Crippen LogP contribution is 2.23. The Morgan fingerprint density at radius 2 is 2.05 bits per heavy atom. The van der Waals surface area contributed by atoms with Crippen LogP contribution in [0.25, 0.3) is 0 Å². The Morgan fingerprint density at radius 1 is 1.32 bits per heavy atom. The maximum Gasteiger partial charge on any atom is 0.184 e. The molecule has 4 heteroatoms. The standard InChI is InChI=1S/C15H22O4/c1-11(2)18-15-14(16)8-13(19-15)10-17-9-12-6-4-3-5-7-12/h3-7,11,13-16H,8-10H2,1-2H3/t13-,14-,15-/m0/s1. The van der Waals surface area contributed by atoms with Crippen molar-refractivity contribution in [1.29, 1.82) is 0 Å². The van der Waals surface area contributed by atoms with Gasteiger partial charge in [-0.3, -0.25) is 0 Å². The molecule has 1 N–H and O–H groups in total. The van der Waals surface area contributed by atoms with E-state index in [0.717, 1.165) is 5.56 Å². The molecule has 1 aliphatic heterocycles. The van der Waals surface area contributed by atoms with Gasteiger partial charge in [0.2, 0.25) is 0 Å². The first-order valence-corrected chi connectivity index (χ1v) is 6.76. The number of rotatable bonds is 6. The molecule has 2 rings (SSSR count). The van der Waals surface area contributed by atoms with Crippen molar-refractivity contribution in [2.75, 3.05) is 6.61 Å². The first-order valence-electron chi connectivity index (χ1n) is 6.76. The molecule has 19 heavy (non-hydrogen) atoms. The van der Waals surface area contributed by atoms with Crippen molar-refractivity contribution in [3.63, 3.8) is 0 Å². The number of ether oxygens (including phenoxy) is 3. The fraction of sp³-hybridized carbons (Fsp3) is 0.600. The van der Waals surface area contributed by atoms with Crippen LogP contribution >= 0.6 is 0 Å². The summed E-state index contributed by atoms with van der Waals surface area (Å²) in [4.78, 5) is 0. The summed E-state index contributed by atoms with van der Waals surface area (Å²) in [6, 6.07) is 10.00. The zero-order valence-electron chi connectivity index (χ0n) is 11.5. The average Bonchev–Trinajstić information content (AvgIpc) is 2.70. The second kappa shape index (κ2) is 7.01. The van der Waals surface area contributed by atoms with Crippen LogP contribution in [0.15, 0.2) is 30.3 Å². The van der Waals surface area contributed by atoms with Crippen molar-refractivity contribution >= 4 is 0 Å². The molecule has 0 radical (unpaired) electrons. The summed E-state index contributed by atoms with van der Waals surface area (Å²) in [6.07, 6.45) is -0.573. The molecule has 0 saturated carbocycles. The zero-order chi connectivity index (χ0) is 13.7. The maximum absolute atomic E-state index is 9.82. The Bertz CT molecular complexity index is 366. The Kier molecular flexibility index (Phi) is 5.34. The Morgan fingerprint density at radius 3 is 2.74 bits per heavy atom. The summed E-state index contributed by atoms with van der Waals surface area (Å²) in [5.74, 6) is 0. The molecule has 1 aromatic rings. The number of hydrogen-bond acceptors (Lipinski definition) is 4. The highest BCUT2D eigenvalue weighted by molar-refractivity contribution is 5.13. The molecule has 1 saturated heterocycles. The van der Waals surface area contributed by atoms with E-state index in [1.807, 2.05) is 44.2 Å². The lowest BCUT2D eigenvalue weighted by atomic mass is 10.2. The Balaban J connectivity index is 1.70. The molecule has 0 bridgehead atoms. The van der Waals surface area contributed by atoms with Gasteiger partial charge in [0.15, 0.2) is 6.29 Å². The van der Waals surface area contributed by atoms with Crippen LogP contribution in [0.5, 0.6) is 0 Å². The van der Waals surface area contributed by atoms with E-state index in [-0.39, 0.29) is 12.2 Å². The monoisotopic (exact) mass is 266 g/mol. The first kappa shape index (κ1) is 14.5. The van der Waals surface area contributed by atoms with Crippen LogP contribution in [0.4, 0.5) is 0 Å². The fourth-order valence-corrected chi connectivity index (χ4v) is 2.10. The molecule has 0 aliphatic carbocycles. The van der Waals surface area contributed by atoms with Crippen molar-refractivity contribution in [2.24, 2.45) is 0 Å². The maximum atomic E-state index is 9.82. The van der Waals surface area contributed by atoms with Crippen molar-refractivity contribution in [3.8, 4) is 0 Å². The topological polar surface area (TPSA) is 47.9 Å². The van der Waals surface area contributed by atoms with Crippen molar-refractivity contribution in [3.05, 3.63) is 35.9 Å². The second-order valence-electron chi connectivity index (χ2n) is 5.12. The minimum Gasteiger partial charge on any atom is -0.388 e. The number of hydrogen-bond donors (Lipinski definition) is 1. The smallest absolute Gasteiger partial charge is 0.184 e. The first-order chi connectivity index (χ1) is 9.15. The number of benzene rings is 1. The van der Waals surface area contributed by atoms with E-state index in [4.69, 9.17) is 14.2 Å². The number of aliphatic hydroxyl groups excluding tert-OH is 1. The minimum atomic E-state index is -0.562. The van der Waals surface area contributed by atoms with Crippen molar-refractivity contribution < 1.29 is 19.3 Å². The molecular formula is C15H22O4. The summed E-state index contributed by atoms with van der Waals surface area (Å²) in [6.45, 7) is 4.89. The van der Waals surface area contributed by atoms with E-state index in [2.05, 4.69) is 0 Å². The highest BCUT2D eigenvalue weighted by Gasteiger charge is 2.35. The van der Waals surface area contributed by atoms with Gasteiger partial charge < -0.3 is 19.3 Å². The molecule has 1 aliphatic rings. The normalized spacial score (nSPS) is 27.1. The van der Waals surface area contributed by atoms with Gasteiger partial charge in [-0.15, -0.1) is 0 Å². The molecule has 1 aromatic carbocycles. The summed E-state index contributed by atoms with van der Waals surface area (Å²) < 4.78 is 16.7. The fourth-order valence-electron chi connectivity index (χ4n) is 2.10. The van der Waals surface area contributed by atoms with Gasteiger partial charge in [-0.1, -0.05) is 30.3 Å². The van der Waals surface area contributed by atoms with E-state index >= 15 is 0 Å². The molecule has 0 spiro atoms. The third kappa shape index (κ3) is 4.58. The third-order valence-corrected chi connectivity index (χ3v) is 2.97. The lowest BCUT2D eigenvalue weighted by Gasteiger charge is -2.18. The van der Waals surface area contributed by atoms with Gasteiger partial charge in [-0.2, -0.15) is 0 Å². The van der Waals surface area contributed by atoms with Gasteiger partial charge in [0.25, 0.3) is 0 Å². The van der Waals surface area contributed by atoms with Gasteiger partial charge in [0, 0.05) is 6.42 Å². The van der Waals surface area contributed by atoms with E-state index in [1.54, 1.807) is 0 Å². The Labute approximate surface area is 114 Å². The van der Waals surface area contributed by atoms with Gasteiger partial charge in [-0.05, 0) is 19.4 Å². The van der Waals surface area contributed by atoms with Gasteiger partial charge in [0.1, 0.15) is 6.10 Å². The van der Waals surface area contributed by atoms with Crippen molar-refractivity contribution in [1.82, 2.24) is 0 Å². The van der Waals surface area contributed by atoms with Crippen LogP contribution in [-0.4, -0.2) is 36.3 Å². The van der Waals surface area contributed by atoms with Crippen LogP contribution < -0.4 is 0 Å². The molecule has 4 nitrogen and oxygen atoms in total. The summed E-state index contributed by atoms with van der Waals surface area (Å²) in [5, 5.41) is 9.82. The van der Waals surface area contributed by atoms with Gasteiger partial charge in [-0.25, -0.2) is 0 Å². The van der Waals surface area contributed by atoms with Gasteiger partial charge in [0.05, 0.1) is 25.4 Å². The molecule has 1 heterocycles. The van der Waals surface area contributed by atoms with Crippen LogP contribution in [0, 0.1) is 0 Å². The second-order valence-corrected chi connectivity index (χ2v) is 5.12. The van der Waals surface area contributed by atoms with Gasteiger partial charge >= 0.3 is 0 Å². The third-order valence-electron chi connectivity index (χ3n) is 2.97. The Hall–Kier alpha value is -0.940. The minimum absolute atomic E-state index is 0.0450. The molecule has 0 unspecified atom stereocenters. The molecule has 0 amide bonds. The average molecular weight is 266 g/mol. The summed E-state index contributed by atoms with van der Waals surface area (Å²) >= 11 is 0. The predicted molar refractivity (Wildman–Crippen MR) is 71.6 cm³/mol. The molecular weight excluding hydrogens is 244 g/mol. The summed E-state index contributed by atoms with van der Waals surface area (Å²) in [7, 11) is 0. The van der Waals surface area contributed by atoms with Crippen molar-refractivity contribution in [2.45, 2.75) is 51.5 Å². The quantitative estimate of drug-likeness (QED) is 0.856. The lowest BCUT2D eigenvalue weighted by molar-refractivity contribution is -0.188. The van der Waals surface area contributed by atoms with Crippen LogP contribution in [0.1, 0.15) is 25.8 Å². The van der Waals surface area contributed by atoms with E-state index in [9.17, 15) is 5.11 Å². The number of aliphatic hydroxyl groups is 1. The summed E-state index contributed by atoms with van der Waals surface area (Å²) in [5.41, 5.74) is 1.14.